The topological polar surface area (TPSA) is 92.5 Å². The van der Waals surface area contributed by atoms with E-state index in [4.69, 9.17) is 9.15 Å². The van der Waals surface area contributed by atoms with Crippen LogP contribution in [0.3, 0.4) is 0 Å². The minimum atomic E-state index is -0.189. The van der Waals surface area contributed by atoms with E-state index in [1.807, 2.05) is 18.2 Å². The number of carbonyl (C=O) groups is 1. The Morgan fingerprint density at radius 2 is 1.84 bits per heavy atom. The van der Waals surface area contributed by atoms with Crippen molar-refractivity contribution in [1.29, 1.82) is 0 Å². The number of rotatable bonds is 12. The van der Waals surface area contributed by atoms with Crippen molar-refractivity contribution < 1.29 is 13.9 Å². The van der Waals surface area contributed by atoms with Crippen molar-refractivity contribution in [3.05, 3.63) is 54.1 Å². The Balaban J connectivity index is 1.58. The fraction of sp³-hybridized carbons (Fsp3) is 0.375. The van der Waals surface area contributed by atoms with Gasteiger partial charge in [-0.3, -0.25) is 4.79 Å². The maximum atomic E-state index is 12.4. The lowest BCUT2D eigenvalue weighted by atomic mass is 10.1. The van der Waals surface area contributed by atoms with Gasteiger partial charge in [-0.05, 0) is 56.7 Å². The van der Waals surface area contributed by atoms with Crippen LogP contribution in [0.25, 0.3) is 11.5 Å². The SMILES string of the molecule is CCN(CC)CCCCNc1nnc(-c2ccc(NC(=O)c3ccccc3)cc2OC)o1. The number of ether oxygens (including phenoxy) is 1. The summed E-state index contributed by atoms with van der Waals surface area (Å²) in [5, 5.41) is 14.3. The van der Waals surface area contributed by atoms with Crippen LogP contribution >= 0.6 is 0 Å². The molecule has 3 aromatic rings. The Hall–Kier alpha value is -3.39. The van der Waals surface area contributed by atoms with E-state index in [-0.39, 0.29) is 5.91 Å². The lowest BCUT2D eigenvalue weighted by molar-refractivity contribution is 0.102. The van der Waals surface area contributed by atoms with Gasteiger partial charge in [0.15, 0.2) is 0 Å². The van der Waals surface area contributed by atoms with Crippen LogP contribution in [-0.2, 0) is 0 Å². The molecule has 0 bridgehead atoms. The predicted octanol–water partition coefficient (Wildman–Crippen LogP) is 4.53. The van der Waals surface area contributed by atoms with Crippen LogP contribution in [0.4, 0.5) is 11.7 Å². The number of nitrogens with zero attached hydrogens (tertiary/aromatic N) is 3. The molecule has 0 aliphatic carbocycles. The molecule has 0 spiro atoms. The normalized spacial score (nSPS) is 10.9. The second kappa shape index (κ2) is 11.9. The molecular weight excluding hydrogens is 406 g/mol. The molecule has 32 heavy (non-hydrogen) atoms. The number of methoxy groups -OCH3 is 1. The Bertz CT molecular complexity index is 986. The quantitative estimate of drug-likeness (QED) is 0.402. The van der Waals surface area contributed by atoms with Crippen molar-refractivity contribution in [1.82, 2.24) is 15.1 Å². The number of hydrogen-bond acceptors (Lipinski definition) is 7. The zero-order valence-electron chi connectivity index (χ0n) is 18.9. The highest BCUT2D eigenvalue weighted by atomic mass is 16.5. The monoisotopic (exact) mass is 437 g/mol. The first-order valence-electron chi connectivity index (χ1n) is 11.0. The Labute approximate surface area is 189 Å². The summed E-state index contributed by atoms with van der Waals surface area (Å²) in [6, 6.07) is 14.7. The lowest BCUT2D eigenvalue weighted by Gasteiger charge is -2.17. The first kappa shape index (κ1) is 23.3. The van der Waals surface area contributed by atoms with Gasteiger partial charge in [0.2, 0.25) is 0 Å². The van der Waals surface area contributed by atoms with Gasteiger partial charge in [0.1, 0.15) is 5.75 Å². The van der Waals surface area contributed by atoms with Crippen molar-refractivity contribution in [2.24, 2.45) is 0 Å². The van der Waals surface area contributed by atoms with Gasteiger partial charge >= 0.3 is 6.01 Å². The fourth-order valence-corrected chi connectivity index (χ4v) is 3.34. The third kappa shape index (κ3) is 6.31. The molecule has 0 saturated carbocycles. The van der Waals surface area contributed by atoms with E-state index in [9.17, 15) is 4.79 Å². The van der Waals surface area contributed by atoms with Gasteiger partial charge in [0.25, 0.3) is 11.8 Å². The van der Waals surface area contributed by atoms with Gasteiger partial charge in [-0.15, -0.1) is 5.10 Å². The highest BCUT2D eigenvalue weighted by Gasteiger charge is 2.15. The number of aromatic nitrogens is 2. The Morgan fingerprint density at radius 1 is 1.06 bits per heavy atom. The standard InChI is InChI=1S/C24H31N5O3/c1-4-29(5-2)16-10-9-15-25-24-28-27-23(32-24)20-14-13-19(17-21(20)31-3)26-22(30)18-11-7-6-8-12-18/h6-8,11-14,17H,4-5,9-10,15-16H2,1-3H3,(H,25,28)(H,26,30). The van der Waals surface area contributed by atoms with Crippen molar-refractivity contribution >= 4 is 17.6 Å². The number of hydrogen-bond donors (Lipinski definition) is 2. The number of nitrogens with one attached hydrogen (secondary N) is 2. The highest BCUT2D eigenvalue weighted by molar-refractivity contribution is 6.04. The van der Waals surface area contributed by atoms with E-state index >= 15 is 0 Å². The second-order valence-corrected chi connectivity index (χ2v) is 7.31. The molecule has 170 valence electrons. The number of carbonyl (C=O) groups excluding carboxylic acids is 1. The molecule has 8 nitrogen and oxygen atoms in total. The molecule has 2 aromatic carbocycles. The molecule has 1 amide bonds. The smallest absolute Gasteiger partial charge is 0.315 e. The Morgan fingerprint density at radius 3 is 2.56 bits per heavy atom. The van der Waals surface area contributed by atoms with Gasteiger partial charge in [-0.1, -0.05) is 37.1 Å². The molecule has 0 saturated heterocycles. The summed E-state index contributed by atoms with van der Waals surface area (Å²) < 4.78 is 11.3. The van der Waals surface area contributed by atoms with Crippen LogP contribution in [0.2, 0.25) is 0 Å². The molecule has 0 fully saturated rings. The summed E-state index contributed by atoms with van der Waals surface area (Å²) in [5.41, 5.74) is 1.86. The van der Waals surface area contributed by atoms with Gasteiger partial charge in [0, 0.05) is 23.9 Å². The van der Waals surface area contributed by atoms with E-state index in [0.29, 0.717) is 34.5 Å². The first-order valence-corrected chi connectivity index (χ1v) is 11.0. The van der Waals surface area contributed by atoms with Gasteiger partial charge in [0.05, 0.1) is 12.7 Å². The van der Waals surface area contributed by atoms with Crippen LogP contribution in [0.5, 0.6) is 5.75 Å². The van der Waals surface area contributed by atoms with Gasteiger partial charge in [-0.25, -0.2) is 0 Å². The first-order chi connectivity index (χ1) is 15.6. The minimum absolute atomic E-state index is 0.189. The summed E-state index contributed by atoms with van der Waals surface area (Å²) in [6.07, 6.45) is 2.13. The third-order valence-electron chi connectivity index (χ3n) is 5.22. The number of unbranched alkanes of at least 4 members (excludes halogenated alkanes) is 1. The fourth-order valence-electron chi connectivity index (χ4n) is 3.34. The van der Waals surface area contributed by atoms with Crippen LogP contribution in [0.15, 0.2) is 52.9 Å². The number of anilines is 2. The van der Waals surface area contributed by atoms with Crippen LogP contribution < -0.4 is 15.4 Å². The maximum absolute atomic E-state index is 12.4. The van der Waals surface area contributed by atoms with Gasteiger partial charge < -0.3 is 24.7 Å². The van der Waals surface area contributed by atoms with E-state index in [1.165, 1.54) is 0 Å². The maximum Gasteiger partial charge on any atom is 0.315 e. The molecule has 0 unspecified atom stereocenters. The summed E-state index contributed by atoms with van der Waals surface area (Å²) in [6.45, 7) is 8.37. The van der Waals surface area contributed by atoms with Crippen molar-refractivity contribution in [2.75, 3.05) is 43.9 Å². The van der Waals surface area contributed by atoms with Crippen LogP contribution in [0.1, 0.15) is 37.0 Å². The van der Waals surface area contributed by atoms with Crippen molar-refractivity contribution in [3.63, 3.8) is 0 Å². The molecule has 0 aliphatic rings. The lowest BCUT2D eigenvalue weighted by Crippen LogP contribution is -2.24. The summed E-state index contributed by atoms with van der Waals surface area (Å²) in [7, 11) is 1.56. The Kier molecular flexibility index (Phi) is 8.62. The third-order valence-corrected chi connectivity index (χ3v) is 5.22. The molecule has 2 N–H and O–H groups in total. The molecule has 0 aliphatic heterocycles. The molecule has 8 heteroatoms. The summed E-state index contributed by atoms with van der Waals surface area (Å²) >= 11 is 0. The highest BCUT2D eigenvalue weighted by Crippen LogP contribution is 2.32. The minimum Gasteiger partial charge on any atom is -0.496 e. The van der Waals surface area contributed by atoms with Gasteiger partial charge in [-0.2, -0.15) is 0 Å². The zero-order chi connectivity index (χ0) is 22.8. The van der Waals surface area contributed by atoms with E-state index in [1.54, 1.807) is 37.4 Å². The second-order valence-electron chi connectivity index (χ2n) is 7.31. The zero-order valence-corrected chi connectivity index (χ0v) is 18.9. The largest absolute Gasteiger partial charge is 0.496 e. The van der Waals surface area contributed by atoms with E-state index in [2.05, 4.69) is 39.6 Å². The number of amides is 1. The average Bonchev–Trinajstić information content (AvgIpc) is 3.30. The molecule has 1 heterocycles. The summed E-state index contributed by atoms with van der Waals surface area (Å²) in [4.78, 5) is 14.8. The van der Waals surface area contributed by atoms with E-state index < -0.39 is 0 Å². The molecule has 3 rings (SSSR count). The molecule has 0 radical (unpaired) electrons. The summed E-state index contributed by atoms with van der Waals surface area (Å²) in [5.74, 6) is 0.699. The van der Waals surface area contributed by atoms with Crippen molar-refractivity contribution in [3.8, 4) is 17.2 Å². The molecule has 0 atom stereocenters. The number of benzene rings is 2. The molecule has 1 aromatic heterocycles. The van der Waals surface area contributed by atoms with Crippen molar-refractivity contribution in [2.45, 2.75) is 26.7 Å². The van der Waals surface area contributed by atoms with E-state index in [0.717, 1.165) is 39.0 Å². The molecular formula is C24H31N5O3. The average molecular weight is 438 g/mol. The predicted molar refractivity (Wildman–Crippen MR) is 126 cm³/mol. The van der Waals surface area contributed by atoms with Crippen LogP contribution in [-0.4, -0.2) is 54.3 Å². The van der Waals surface area contributed by atoms with Crippen LogP contribution in [0, 0.1) is 0 Å².